The van der Waals surface area contributed by atoms with E-state index >= 15 is 0 Å². The Morgan fingerprint density at radius 2 is 1.50 bits per heavy atom. The monoisotopic (exact) mass is 639 g/mol. The van der Waals surface area contributed by atoms with Gasteiger partial charge in [0.25, 0.3) is 0 Å². The van der Waals surface area contributed by atoms with E-state index in [9.17, 15) is 24.3 Å². The van der Waals surface area contributed by atoms with Gasteiger partial charge < -0.3 is 53.6 Å². The molecule has 0 saturated heterocycles. The molecule has 2 amide bonds. The second-order valence-electron chi connectivity index (χ2n) is 10.1. The lowest BCUT2D eigenvalue weighted by atomic mass is 10.1. The molecule has 0 saturated carbocycles. The van der Waals surface area contributed by atoms with E-state index in [4.69, 9.17) is 37.8 Å². The number of carbonyl (C=O) groups excluding carboxylic acids is 2. The molecule has 1 heterocycles. The van der Waals surface area contributed by atoms with Gasteiger partial charge in [-0.25, -0.2) is 14.4 Å². The number of alkyl carbamates (subject to hydrolysis) is 1. The van der Waals surface area contributed by atoms with Crippen molar-refractivity contribution in [3.05, 3.63) is 76.1 Å². The van der Waals surface area contributed by atoms with Crippen LogP contribution in [-0.4, -0.2) is 60.2 Å². The number of anilines is 1. The predicted octanol–water partition coefficient (Wildman–Crippen LogP) is 0.642. The summed E-state index contributed by atoms with van der Waals surface area (Å²) in [5.41, 5.74) is 29.1. The molecule has 0 fully saturated rings. The molecule has 46 heavy (non-hydrogen) atoms. The van der Waals surface area contributed by atoms with Crippen molar-refractivity contribution in [1.82, 2.24) is 10.6 Å². The van der Waals surface area contributed by atoms with Gasteiger partial charge >= 0.3 is 17.7 Å². The van der Waals surface area contributed by atoms with Crippen LogP contribution >= 0.6 is 0 Å². The quantitative estimate of drug-likeness (QED) is 0.0396. The third-order valence-electron chi connectivity index (χ3n) is 6.30. The van der Waals surface area contributed by atoms with Gasteiger partial charge in [0.2, 0.25) is 5.91 Å². The maximum Gasteiger partial charge on any atom is 0.408 e. The normalized spacial score (nSPS) is 11.6. The second kappa shape index (κ2) is 18.8. The highest BCUT2D eigenvalue weighted by molar-refractivity contribution is 5.89. The van der Waals surface area contributed by atoms with E-state index in [0.29, 0.717) is 24.1 Å². The Morgan fingerprint density at radius 3 is 2.09 bits per heavy atom. The summed E-state index contributed by atoms with van der Waals surface area (Å²) < 4.78 is 10.1. The molecular weight excluding hydrogens is 598 g/mol. The van der Waals surface area contributed by atoms with Crippen molar-refractivity contribution >= 4 is 46.5 Å². The number of aryl methyl sites for hydroxylation is 1. The molecule has 0 unspecified atom stereocenters. The molecule has 3 aromatic rings. The number of hydrogen-bond donors (Lipinski definition) is 8. The summed E-state index contributed by atoms with van der Waals surface area (Å²) in [6.45, 7) is 2.33. The minimum Gasteiger partial charge on any atom is -0.480 e. The van der Waals surface area contributed by atoms with Gasteiger partial charge in [-0.15, -0.1) is 0 Å². The lowest BCUT2D eigenvalue weighted by Gasteiger charge is -2.21. The van der Waals surface area contributed by atoms with Crippen LogP contribution in [0.4, 0.5) is 10.5 Å². The number of nitrogens with zero attached hydrogens (tertiary/aromatic N) is 2. The number of nitrogen functional groups attached to an aromatic ring is 1. The van der Waals surface area contributed by atoms with Crippen LogP contribution in [0.15, 0.2) is 73.8 Å². The van der Waals surface area contributed by atoms with Gasteiger partial charge in [0.1, 0.15) is 24.3 Å². The number of nitrogens with two attached hydrogens (primary N) is 5. The van der Waals surface area contributed by atoms with Gasteiger partial charge in [0, 0.05) is 36.3 Å². The molecule has 16 heteroatoms. The number of carboxylic acids is 1. The Labute approximate surface area is 265 Å². The average molecular weight is 640 g/mol. The number of guanidine groups is 2. The van der Waals surface area contributed by atoms with Crippen LogP contribution in [0.5, 0.6) is 0 Å². The van der Waals surface area contributed by atoms with E-state index in [1.807, 2.05) is 19.1 Å². The van der Waals surface area contributed by atoms with Gasteiger partial charge in [0.15, 0.2) is 11.9 Å². The summed E-state index contributed by atoms with van der Waals surface area (Å²) in [5, 5.41) is 15.2. The minimum atomic E-state index is -1.22. The van der Waals surface area contributed by atoms with E-state index in [-0.39, 0.29) is 50.1 Å². The number of carboxylic acid groups (broad SMARTS) is 1. The average Bonchev–Trinajstić information content (AvgIpc) is 2.99. The van der Waals surface area contributed by atoms with Crippen molar-refractivity contribution in [2.75, 3.05) is 18.8 Å². The second-order valence-corrected chi connectivity index (χ2v) is 10.1. The number of hydrogen-bond acceptors (Lipinski definition) is 9. The largest absolute Gasteiger partial charge is 0.480 e. The highest BCUT2D eigenvalue weighted by Gasteiger charge is 2.26. The van der Waals surface area contributed by atoms with E-state index in [1.165, 1.54) is 6.07 Å². The summed E-state index contributed by atoms with van der Waals surface area (Å²) in [5.74, 6) is -2.10. The first kappa shape index (κ1) is 36.4. The number of carbonyl (C=O) groups is 3. The van der Waals surface area contributed by atoms with Gasteiger partial charge in [-0.05, 0) is 55.9 Å². The SMILES string of the molecule is Cc1cc(=O)oc2cc(N)ccc12.NC(N)=NCCC[C@H](NC(=O)[C@H](CCCN=C(N)N)NC(=O)OCc1ccccc1)C(=O)O. The molecule has 0 radical (unpaired) electrons. The van der Waals surface area contributed by atoms with E-state index < -0.39 is 30.1 Å². The minimum absolute atomic E-state index is 0.0115. The molecule has 0 spiro atoms. The molecule has 0 aliphatic rings. The topological polar surface area (TPSA) is 290 Å². The van der Waals surface area contributed by atoms with E-state index in [2.05, 4.69) is 20.6 Å². The number of amides is 2. The molecule has 2 aromatic carbocycles. The first-order valence-corrected chi connectivity index (χ1v) is 14.3. The first-order chi connectivity index (χ1) is 21.8. The van der Waals surface area contributed by atoms with Crippen LogP contribution < -0.4 is 44.9 Å². The zero-order chi connectivity index (χ0) is 34.1. The third kappa shape index (κ3) is 13.7. The Kier molecular flexibility index (Phi) is 14.9. The number of benzene rings is 2. The van der Waals surface area contributed by atoms with Crippen molar-refractivity contribution < 1.29 is 28.6 Å². The van der Waals surface area contributed by atoms with Gasteiger partial charge in [-0.1, -0.05) is 30.3 Å². The van der Waals surface area contributed by atoms with Crippen LogP contribution in [0, 0.1) is 6.92 Å². The summed E-state index contributed by atoms with van der Waals surface area (Å²) >= 11 is 0. The number of fused-ring (bicyclic) bond motifs is 1. The molecule has 13 N–H and O–H groups in total. The lowest BCUT2D eigenvalue weighted by Crippen LogP contribution is -2.51. The molecule has 16 nitrogen and oxygen atoms in total. The zero-order valence-corrected chi connectivity index (χ0v) is 25.5. The highest BCUT2D eigenvalue weighted by Crippen LogP contribution is 2.18. The number of ether oxygens (including phenoxy) is 1. The van der Waals surface area contributed by atoms with Crippen molar-refractivity contribution in [1.29, 1.82) is 0 Å². The molecule has 0 aliphatic heterocycles. The molecule has 3 rings (SSSR count). The van der Waals surface area contributed by atoms with Crippen LogP contribution in [0.1, 0.15) is 36.8 Å². The molecule has 0 aliphatic carbocycles. The predicted molar refractivity (Wildman–Crippen MR) is 175 cm³/mol. The smallest absolute Gasteiger partial charge is 0.408 e. The number of aliphatic carboxylic acids is 1. The molecule has 1 aromatic heterocycles. The highest BCUT2D eigenvalue weighted by atomic mass is 16.5. The number of rotatable bonds is 14. The molecular formula is C30H41N9O7. The summed E-state index contributed by atoms with van der Waals surface area (Å²) in [4.78, 5) is 55.1. The van der Waals surface area contributed by atoms with E-state index in [1.54, 1.807) is 36.4 Å². The molecule has 0 bridgehead atoms. The van der Waals surface area contributed by atoms with E-state index in [0.717, 1.165) is 16.5 Å². The Hall–Kier alpha value is -5.80. The third-order valence-corrected chi connectivity index (χ3v) is 6.30. The summed E-state index contributed by atoms with van der Waals surface area (Å²) in [7, 11) is 0. The van der Waals surface area contributed by atoms with Gasteiger partial charge in [-0.3, -0.25) is 14.8 Å². The number of aliphatic imine (C=N–C) groups is 2. The Balaban J connectivity index is 0.000000464. The number of nitrogens with one attached hydrogen (secondary N) is 2. The van der Waals surface area contributed by atoms with Crippen molar-refractivity contribution in [2.45, 2.75) is 51.3 Å². The van der Waals surface area contributed by atoms with Crippen LogP contribution in [0.3, 0.4) is 0 Å². The Morgan fingerprint density at radius 1 is 0.891 bits per heavy atom. The Bertz CT molecular complexity index is 1570. The lowest BCUT2D eigenvalue weighted by molar-refractivity contribution is -0.142. The van der Waals surface area contributed by atoms with Crippen molar-refractivity contribution in [3.8, 4) is 0 Å². The zero-order valence-electron chi connectivity index (χ0n) is 25.5. The standard InChI is InChI=1S/C20H32N8O5.C10H9NO2/c21-18(22)25-10-4-8-14(28-20(32)33-12-13-6-2-1-3-7-13)16(29)27-15(17(30)31)9-5-11-26-19(23)24;1-6-4-10(12)13-9-5-7(11)2-3-8(6)9/h1-3,6-7,14-15H,4-5,8-12H2,(H,27,29)(H,28,32)(H,30,31)(H4,21,22,25)(H4,23,24,26);2-5H,11H2,1H3/t14-,15-;/m0./s1. The summed E-state index contributed by atoms with van der Waals surface area (Å²) in [6.07, 6.45) is 0.120. The first-order valence-electron chi connectivity index (χ1n) is 14.3. The van der Waals surface area contributed by atoms with Crippen LogP contribution in [0.2, 0.25) is 0 Å². The fourth-order valence-electron chi connectivity index (χ4n) is 4.05. The van der Waals surface area contributed by atoms with Crippen molar-refractivity contribution in [2.24, 2.45) is 32.9 Å². The van der Waals surface area contributed by atoms with Crippen LogP contribution in [-0.2, 0) is 20.9 Å². The fraction of sp³-hybridized carbons (Fsp3) is 0.333. The van der Waals surface area contributed by atoms with Gasteiger partial charge in [-0.2, -0.15) is 0 Å². The maximum absolute atomic E-state index is 12.7. The fourth-order valence-corrected chi connectivity index (χ4v) is 4.05. The molecule has 2 atom stereocenters. The molecule has 248 valence electrons. The summed E-state index contributed by atoms with van der Waals surface area (Å²) in [6, 6.07) is 13.5. The van der Waals surface area contributed by atoms with Gasteiger partial charge in [0.05, 0.1) is 0 Å². The van der Waals surface area contributed by atoms with Crippen LogP contribution in [0.25, 0.3) is 11.0 Å². The van der Waals surface area contributed by atoms with Crippen molar-refractivity contribution in [3.63, 3.8) is 0 Å². The maximum atomic E-state index is 12.7.